The van der Waals surface area contributed by atoms with Crippen molar-refractivity contribution in [2.45, 2.75) is 44.6 Å². The first kappa shape index (κ1) is 23.9. The standard InChI is InChI=1S/C21H34N4O5S/c1-16(2)21(23-9-11-30-12-10-23)14-22-19-7-6-18(13-20(19)25(26)27)31(28,29)24-8-4-5-17(3)15-24/h6-7,13,16-17,21-22H,4-5,8-12,14-15H2,1-3H3/t17-,21-/m0/s1. The van der Waals surface area contributed by atoms with Crippen LogP contribution in [-0.2, 0) is 14.8 Å². The van der Waals surface area contributed by atoms with Crippen LogP contribution in [0.3, 0.4) is 0 Å². The number of sulfonamides is 1. The number of hydrogen-bond acceptors (Lipinski definition) is 7. The number of anilines is 1. The zero-order valence-electron chi connectivity index (χ0n) is 18.6. The molecule has 2 aliphatic rings. The molecule has 0 aliphatic carbocycles. The summed E-state index contributed by atoms with van der Waals surface area (Å²) in [6, 6.07) is 4.38. The van der Waals surface area contributed by atoms with Crippen molar-refractivity contribution in [3.05, 3.63) is 28.3 Å². The number of nitrogens with one attached hydrogen (secondary N) is 1. The molecule has 2 heterocycles. The van der Waals surface area contributed by atoms with E-state index in [0.29, 0.717) is 44.5 Å². The van der Waals surface area contributed by atoms with E-state index >= 15 is 0 Å². The zero-order valence-corrected chi connectivity index (χ0v) is 19.4. The van der Waals surface area contributed by atoms with Crippen molar-refractivity contribution in [1.82, 2.24) is 9.21 Å². The second-order valence-corrected chi connectivity index (χ2v) is 10.8. The van der Waals surface area contributed by atoms with Gasteiger partial charge in [0.15, 0.2) is 0 Å². The van der Waals surface area contributed by atoms with E-state index in [9.17, 15) is 18.5 Å². The van der Waals surface area contributed by atoms with Crippen LogP contribution in [0.1, 0.15) is 33.6 Å². The summed E-state index contributed by atoms with van der Waals surface area (Å²) in [5.74, 6) is 0.637. The Kier molecular flexibility index (Phi) is 7.90. The molecule has 2 saturated heterocycles. The van der Waals surface area contributed by atoms with Gasteiger partial charge >= 0.3 is 0 Å². The predicted molar refractivity (Wildman–Crippen MR) is 120 cm³/mol. The van der Waals surface area contributed by atoms with Crippen LogP contribution in [0.25, 0.3) is 0 Å². The molecule has 2 fully saturated rings. The molecule has 0 saturated carbocycles. The van der Waals surface area contributed by atoms with Gasteiger partial charge in [-0.1, -0.05) is 20.8 Å². The molecule has 1 aromatic rings. The van der Waals surface area contributed by atoms with Gasteiger partial charge in [-0.15, -0.1) is 0 Å². The molecule has 3 rings (SSSR count). The Bertz CT molecular complexity index is 871. The molecule has 0 bridgehead atoms. The first-order valence-electron chi connectivity index (χ1n) is 11.0. The van der Waals surface area contributed by atoms with Gasteiger partial charge in [0.2, 0.25) is 10.0 Å². The van der Waals surface area contributed by atoms with Crippen LogP contribution in [0.5, 0.6) is 0 Å². The van der Waals surface area contributed by atoms with Gasteiger partial charge in [0.1, 0.15) is 5.69 Å². The molecule has 0 radical (unpaired) electrons. The lowest BCUT2D eigenvalue weighted by Gasteiger charge is -2.37. The van der Waals surface area contributed by atoms with Crippen molar-refractivity contribution in [3.63, 3.8) is 0 Å². The maximum Gasteiger partial charge on any atom is 0.293 e. The zero-order chi connectivity index (χ0) is 22.6. The van der Waals surface area contributed by atoms with Gasteiger partial charge in [-0.2, -0.15) is 4.31 Å². The number of rotatable bonds is 8. The van der Waals surface area contributed by atoms with Crippen molar-refractivity contribution in [2.24, 2.45) is 11.8 Å². The second kappa shape index (κ2) is 10.2. The van der Waals surface area contributed by atoms with Crippen LogP contribution in [0.15, 0.2) is 23.1 Å². The van der Waals surface area contributed by atoms with E-state index in [1.165, 1.54) is 22.5 Å². The highest BCUT2D eigenvalue weighted by atomic mass is 32.2. The first-order chi connectivity index (χ1) is 14.7. The lowest BCUT2D eigenvalue weighted by Crippen LogP contribution is -2.49. The lowest BCUT2D eigenvalue weighted by atomic mass is 10.0. The van der Waals surface area contributed by atoms with Gasteiger partial charge in [-0.3, -0.25) is 15.0 Å². The molecular formula is C21H34N4O5S. The van der Waals surface area contributed by atoms with Gasteiger partial charge in [0.25, 0.3) is 5.69 Å². The summed E-state index contributed by atoms with van der Waals surface area (Å²) < 4.78 is 33.0. The Labute approximate surface area is 184 Å². The van der Waals surface area contributed by atoms with E-state index in [-0.39, 0.29) is 22.5 Å². The molecule has 9 nitrogen and oxygen atoms in total. The number of piperidine rings is 1. The number of nitro benzene ring substituents is 1. The molecule has 10 heteroatoms. The highest BCUT2D eigenvalue weighted by Gasteiger charge is 2.31. The summed E-state index contributed by atoms with van der Waals surface area (Å²) in [5.41, 5.74) is 0.130. The minimum atomic E-state index is -3.75. The second-order valence-electron chi connectivity index (χ2n) is 8.89. The van der Waals surface area contributed by atoms with Crippen LogP contribution in [0, 0.1) is 22.0 Å². The SMILES string of the molecule is CC(C)[C@H](CNc1ccc(S(=O)(=O)N2CCC[C@H](C)C2)cc1[N+](=O)[O-])N1CCOCC1. The van der Waals surface area contributed by atoms with E-state index < -0.39 is 14.9 Å². The quantitative estimate of drug-likeness (QED) is 0.476. The Morgan fingerprint density at radius 2 is 1.97 bits per heavy atom. The third-order valence-corrected chi connectivity index (χ3v) is 8.07. The predicted octanol–water partition coefficient (Wildman–Crippen LogP) is 2.78. The molecule has 174 valence electrons. The maximum atomic E-state index is 13.0. The van der Waals surface area contributed by atoms with Gasteiger partial charge in [0.05, 0.1) is 23.0 Å². The molecule has 0 unspecified atom stereocenters. The van der Waals surface area contributed by atoms with Gasteiger partial charge in [0, 0.05) is 44.8 Å². The summed E-state index contributed by atoms with van der Waals surface area (Å²) in [6.07, 6.45) is 1.80. The first-order valence-corrected chi connectivity index (χ1v) is 12.5. The minimum absolute atomic E-state index is 0.0209. The van der Waals surface area contributed by atoms with Crippen LogP contribution in [-0.4, -0.2) is 74.5 Å². The molecule has 2 atom stereocenters. The van der Waals surface area contributed by atoms with Crippen molar-refractivity contribution >= 4 is 21.4 Å². The van der Waals surface area contributed by atoms with E-state index in [0.717, 1.165) is 25.9 Å². The number of nitrogens with zero attached hydrogens (tertiary/aromatic N) is 3. The summed E-state index contributed by atoms with van der Waals surface area (Å²) in [7, 11) is -3.75. The molecule has 1 aromatic carbocycles. The Balaban J connectivity index is 1.79. The highest BCUT2D eigenvalue weighted by Crippen LogP contribution is 2.31. The Morgan fingerprint density at radius 3 is 2.58 bits per heavy atom. The Hall–Kier alpha value is -1.75. The smallest absolute Gasteiger partial charge is 0.293 e. The van der Waals surface area contributed by atoms with E-state index in [1.807, 2.05) is 6.92 Å². The van der Waals surface area contributed by atoms with Crippen LogP contribution in [0.4, 0.5) is 11.4 Å². The largest absolute Gasteiger partial charge is 0.379 e. The maximum absolute atomic E-state index is 13.0. The number of nitro groups is 1. The van der Waals surface area contributed by atoms with Gasteiger partial charge in [-0.05, 0) is 36.8 Å². The van der Waals surface area contributed by atoms with Crippen LogP contribution >= 0.6 is 0 Å². The van der Waals surface area contributed by atoms with Crippen molar-refractivity contribution in [1.29, 1.82) is 0 Å². The number of ether oxygens (including phenoxy) is 1. The third-order valence-electron chi connectivity index (χ3n) is 6.21. The summed E-state index contributed by atoms with van der Waals surface area (Å²) in [6.45, 7) is 10.8. The molecule has 0 aromatic heterocycles. The van der Waals surface area contributed by atoms with Crippen molar-refractivity contribution in [3.8, 4) is 0 Å². The number of benzene rings is 1. The normalized spacial score (nSPS) is 22.4. The summed E-state index contributed by atoms with van der Waals surface area (Å²) in [5, 5.41) is 14.9. The van der Waals surface area contributed by atoms with E-state index in [2.05, 4.69) is 24.1 Å². The third kappa shape index (κ3) is 5.74. The van der Waals surface area contributed by atoms with E-state index in [1.54, 1.807) is 0 Å². The van der Waals surface area contributed by atoms with Crippen LogP contribution in [0.2, 0.25) is 0 Å². The lowest BCUT2D eigenvalue weighted by molar-refractivity contribution is -0.384. The highest BCUT2D eigenvalue weighted by molar-refractivity contribution is 7.89. The Morgan fingerprint density at radius 1 is 1.26 bits per heavy atom. The molecule has 2 aliphatic heterocycles. The molecule has 31 heavy (non-hydrogen) atoms. The van der Waals surface area contributed by atoms with Crippen molar-refractivity contribution in [2.75, 3.05) is 51.3 Å². The summed E-state index contributed by atoms with van der Waals surface area (Å²) >= 11 is 0. The fraction of sp³-hybridized carbons (Fsp3) is 0.714. The average Bonchev–Trinajstić information content (AvgIpc) is 2.74. The number of hydrogen-bond donors (Lipinski definition) is 1. The molecule has 1 N–H and O–H groups in total. The van der Waals surface area contributed by atoms with E-state index in [4.69, 9.17) is 4.74 Å². The summed E-state index contributed by atoms with van der Waals surface area (Å²) in [4.78, 5) is 13.5. The molecule has 0 spiro atoms. The minimum Gasteiger partial charge on any atom is -0.379 e. The molecular weight excluding hydrogens is 420 g/mol. The van der Waals surface area contributed by atoms with Gasteiger partial charge in [-0.25, -0.2) is 8.42 Å². The van der Waals surface area contributed by atoms with Crippen molar-refractivity contribution < 1.29 is 18.1 Å². The number of morpholine rings is 1. The van der Waals surface area contributed by atoms with Gasteiger partial charge < -0.3 is 10.1 Å². The topological polar surface area (TPSA) is 105 Å². The monoisotopic (exact) mass is 454 g/mol. The fourth-order valence-corrected chi connectivity index (χ4v) is 6.02. The average molecular weight is 455 g/mol. The fourth-order valence-electron chi connectivity index (χ4n) is 4.40. The van der Waals surface area contributed by atoms with Crippen LogP contribution < -0.4 is 5.32 Å². The molecule has 0 amide bonds.